The van der Waals surface area contributed by atoms with Crippen LogP contribution in [-0.2, 0) is 26.3 Å². The summed E-state index contributed by atoms with van der Waals surface area (Å²) >= 11 is 0. The van der Waals surface area contributed by atoms with E-state index in [0.29, 0.717) is 18.7 Å². The monoisotopic (exact) mass is 491 g/mol. The molecule has 1 aliphatic rings. The van der Waals surface area contributed by atoms with Gasteiger partial charge in [-0.3, -0.25) is 9.58 Å². The molecule has 2 aromatic carbocycles. The number of pyridine rings is 1. The molecule has 0 fully saturated rings. The zero-order chi connectivity index (χ0) is 25.4. The molecule has 5 rings (SSSR count). The summed E-state index contributed by atoms with van der Waals surface area (Å²) in [4.78, 5) is 6.01. The Morgan fingerprint density at radius 1 is 1.14 bits per heavy atom. The van der Waals surface area contributed by atoms with Crippen molar-refractivity contribution in [3.63, 3.8) is 0 Å². The van der Waals surface area contributed by atoms with Crippen molar-refractivity contribution < 1.29 is 23.0 Å². The molecule has 182 valence electrons. The van der Waals surface area contributed by atoms with Crippen LogP contribution < -0.4 is 4.74 Å². The average Bonchev–Trinajstić information content (AvgIpc) is 3.43. The minimum absolute atomic E-state index is 0.0456. The van der Waals surface area contributed by atoms with Crippen molar-refractivity contribution >= 4 is 0 Å². The van der Waals surface area contributed by atoms with E-state index in [2.05, 4.69) is 10.1 Å². The van der Waals surface area contributed by atoms with E-state index in [4.69, 9.17) is 4.74 Å². The van der Waals surface area contributed by atoms with Crippen LogP contribution in [-0.4, -0.2) is 24.8 Å². The lowest BCUT2D eigenvalue weighted by Crippen LogP contribution is -2.21. The van der Waals surface area contributed by atoms with Gasteiger partial charge in [-0.25, -0.2) is 4.98 Å². The lowest BCUT2D eigenvalue weighted by Gasteiger charge is -2.21. The summed E-state index contributed by atoms with van der Waals surface area (Å²) in [5.41, 5.74) is 2.81. The number of alkyl halides is 3. The number of hydrogen-bond acceptors (Lipinski definition) is 6. The van der Waals surface area contributed by atoms with E-state index in [1.54, 1.807) is 16.8 Å². The van der Waals surface area contributed by atoms with Gasteiger partial charge in [-0.1, -0.05) is 24.3 Å². The molecule has 10 heteroatoms. The standard InChI is InChI=1S/C26H20F3N5O2/c1-33-11-9-21(32-33)17-4-2-16(3-5-17)14-34-15-18-8-10-31-24(23(18)25(34)35)36-22-7-6-20(26(27,28)29)12-19(22)13-30/h2-12,25,35H,14-15H2,1H3. The molecule has 0 radical (unpaired) electrons. The Hall–Kier alpha value is -4.20. The van der Waals surface area contributed by atoms with Gasteiger partial charge in [0, 0.05) is 38.1 Å². The van der Waals surface area contributed by atoms with Crippen LogP contribution in [0.4, 0.5) is 13.2 Å². The maximum atomic E-state index is 13.0. The number of aromatic nitrogens is 3. The normalized spacial score (nSPS) is 15.5. The van der Waals surface area contributed by atoms with Crippen LogP contribution in [0.3, 0.4) is 0 Å². The lowest BCUT2D eigenvalue weighted by molar-refractivity contribution is -0.137. The van der Waals surface area contributed by atoms with Crippen LogP contribution in [0, 0.1) is 11.3 Å². The van der Waals surface area contributed by atoms with Crippen molar-refractivity contribution in [2.45, 2.75) is 25.5 Å². The van der Waals surface area contributed by atoms with Crippen LogP contribution in [0.2, 0.25) is 0 Å². The number of halogens is 3. The lowest BCUT2D eigenvalue weighted by atomic mass is 10.1. The molecule has 1 unspecified atom stereocenters. The fourth-order valence-corrected chi connectivity index (χ4v) is 4.19. The molecule has 2 aromatic heterocycles. The Bertz CT molecular complexity index is 1460. The Kier molecular flexibility index (Phi) is 5.96. The highest BCUT2D eigenvalue weighted by atomic mass is 19.4. The molecule has 1 aliphatic heterocycles. The van der Waals surface area contributed by atoms with Crippen molar-refractivity contribution in [2.75, 3.05) is 0 Å². The van der Waals surface area contributed by atoms with E-state index >= 15 is 0 Å². The number of nitriles is 1. The zero-order valence-electron chi connectivity index (χ0n) is 19.1. The third-order valence-electron chi connectivity index (χ3n) is 6.00. The van der Waals surface area contributed by atoms with Gasteiger partial charge in [0.1, 0.15) is 18.0 Å². The molecule has 0 saturated carbocycles. The summed E-state index contributed by atoms with van der Waals surface area (Å²) in [6.45, 7) is 0.872. The van der Waals surface area contributed by atoms with Gasteiger partial charge in [-0.15, -0.1) is 0 Å². The predicted octanol–water partition coefficient (Wildman–Crippen LogP) is 5.17. The highest BCUT2D eigenvalue weighted by molar-refractivity contribution is 5.59. The minimum Gasteiger partial charge on any atom is -0.437 e. The number of ether oxygens (including phenoxy) is 1. The molecule has 0 aliphatic carbocycles. The summed E-state index contributed by atoms with van der Waals surface area (Å²) in [6, 6.07) is 16.0. The number of aliphatic hydroxyl groups excluding tert-OH is 1. The molecule has 0 saturated heterocycles. The first-order chi connectivity index (χ1) is 17.2. The highest BCUT2D eigenvalue weighted by Gasteiger charge is 2.34. The Morgan fingerprint density at radius 3 is 2.58 bits per heavy atom. The van der Waals surface area contributed by atoms with E-state index in [9.17, 15) is 23.5 Å². The molecule has 0 amide bonds. The number of aliphatic hydroxyl groups is 1. The molecule has 4 aromatic rings. The molecule has 3 heterocycles. The molecular weight excluding hydrogens is 471 g/mol. The van der Waals surface area contributed by atoms with Crippen LogP contribution in [0.1, 0.15) is 34.0 Å². The number of nitrogens with zero attached hydrogens (tertiary/aromatic N) is 5. The summed E-state index contributed by atoms with van der Waals surface area (Å²) in [6.07, 6.45) is -2.25. The second kappa shape index (κ2) is 9.11. The summed E-state index contributed by atoms with van der Waals surface area (Å²) in [5, 5.41) is 24.8. The number of aryl methyl sites for hydroxylation is 1. The van der Waals surface area contributed by atoms with Crippen molar-refractivity contribution in [1.82, 2.24) is 19.7 Å². The van der Waals surface area contributed by atoms with E-state index in [1.165, 1.54) is 6.20 Å². The van der Waals surface area contributed by atoms with Crippen molar-refractivity contribution in [3.8, 4) is 29.0 Å². The van der Waals surface area contributed by atoms with Crippen LogP contribution in [0.15, 0.2) is 67.0 Å². The molecular formula is C26H20F3N5O2. The zero-order valence-corrected chi connectivity index (χ0v) is 19.1. The van der Waals surface area contributed by atoms with E-state index < -0.39 is 18.0 Å². The molecule has 0 bridgehead atoms. The van der Waals surface area contributed by atoms with E-state index in [1.807, 2.05) is 48.5 Å². The molecule has 1 N–H and O–H groups in total. The van der Waals surface area contributed by atoms with Gasteiger partial charge in [0.25, 0.3) is 0 Å². The molecule has 36 heavy (non-hydrogen) atoms. The fraction of sp³-hybridized carbons (Fsp3) is 0.192. The number of fused-ring (bicyclic) bond motifs is 1. The number of benzene rings is 2. The van der Waals surface area contributed by atoms with Gasteiger partial charge in [0.05, 0.1) is 22.4 Å². The van der Waals surface area contributed by atoms with Gasteiger partial charge in [0.2, 0.25) is 5.88 Å². The van der Waals surface area contributed by atoms with Crippen molar-refractivity contribution in [1.29, 1.82) is 5.26 Å². The first-order valence-electron chi connectivity index (χ1n) is 11.0. The number of hydrogen-bond donors (Lipinski definition) is 1. The third-order valence-corrected chi connectivity index (χ3v) is 6.00. The maximum absolute atomic E-state index is 13.0. The fourth-order valence-electron chi connectivity index (χ4n) is 4.19. The van der Waals surface area contributed by atoms with Crippen LogP contribution >= 0.6 is 0 Å². The Labute approximate surface area is 204 Å². The quantitative estimate of drug-likeness (QED) is 0.414. The van der Waals surface area contributed by atoms with Gasteiger partial charge >= 0.3 is 6.18 Å². The van der Waals surface area contributed by atoms with Gasteiger partial charge in [-0.05, 0) is 41.5 Å². The van der Waals surface area contributed by atoms with Gasteiger partial charge in [0.15, 0.2) is 0 Å². The third kappa shape index (κ3) is 4.54. The second-order valence-corrected chi connectivity index (χ2v) is 8.46. The Balaban J connectivity index is 1.35. The first kappa shape index (κ1) is 23.5. The maximum Gasteiger partial charge on any atom is 0.416 e. The molecule has 1 atom stereocenters. The Morgan fingerprint density at radius 2 is 1.92 bits per heavy atom. The van der Waals surface area contributed by atoms with Crippen molar-refractivity contribution in [3.05, 3.63) is 94.8 Å². The summed E-state index contributed by atoms with van der Waals surface area (Å²) in [7, 11) is 1.86. The highest BCUT2D eigenvalue weighted by Crippen LogP contribution is 2.40. The molecule has 7 nitrogen and oxygen atoms in total. The molecule has 0 spiro atoms. The van der Waals surface area contributed by atoms with E-state index in [0.717, 1.165) is 40.6 Å². The second-order valence-electron chi connectivity index (χ2n) is 8.46. The first-order valence-corrected chi connectivity index (χ1v) is 11.0. The smallest absolute Gasteiger partial charge is 0.416 e. The summed E-state index contributed by atoms with van der Waals surface area (Å²) < 4.78 is 46.5. The van der Waals surface area contributed by atoms with Gasteiger partial charge < -0.3 is 9.84 Å². The topological polar surface area (TPSA) is 87.2 Å². The van der Waals surface area contributed by atoms with Crippen molar-refractivity contribution in [2.24, 2.45) is 7.05 Å². The minimum atomic E-state index is -4.58. The SMILES string of the molecule is Cn1ccc(-c2ccc(CN3Cc4ccnc(Oc5ccc(C(F)(F)F)cc5C#N)c4C3O)cc2)n1. The van der Waals surface area contributed by atoms with E-state index in [-0.39, 0.29) is 17.2 Å². The largest absolute Gasteiger partial charge is 0.437 e. The average molecular weight is 491 g/mol. The van der Waals surface area contributed by atoms with Crippen LogP contribution in [0.25, 0.3) is 11.3 Å². The predicted molar refractivity (Wildman–Crippen MR) is 123 cm³/mol. The number of rotatable bonds is 5. The summed E-state index contributed by atoms with van der Waals surface area (Å²) in [5.74, 6) is -0.0218. The van der Waals surface area contributed by atoms with Gasteiger partial charge in [-0.2, -0.15) is 23.5 Å². The van der Waals surface area contributed by atoms with Crippen LogP contribution in [0.5, 0.6) is 11.6 Å².